The highest BCUT2D eigenvalue weighted by Crippen LogP contribution is 2.08. The molecule has 0 saturated carbocycles. The molecule has 2 aliphatic rings. The van der Waals surface area contributed by atoms with E-state index in [4.69, 9.17) is 0 Å². The van der Waals surface area contributed by atoms with Crippen LogP contribution in [0.5, 0.6) is 0 Å². The van der Waals surface area contributed by atoms with E-state index in [1.165, 1.54) is 12.8 Å². The second-order valence-corrected chi connectivity index (χ2v) is 4.68. The monoisotopic (exact) mass is 366 g/mol. The molecule has 0 aromatic heterocycles. The molecular formula is C12H23IN4O. The average Bonchev–Trinajstić information content (AvgIpc) is 3.02. The van der Waals surface area contributed by atoms with E-state index >= 15 is 0 Å². The zero-order valence-corrected chi connectivity index (χ0v) is 13.4. The fourth-order valence-corrected chi connectivity index (χ4v) is 2.49. The highest BCUT2D eigenvalue weighted by Gasteiger charge is 2.20. The topological polar surface area (TPSA) is 47.9 Å². The minimum Gasteiger partial charge on any atom is -0.347 e. The Morgan fingerprint density at radius 1 is 1.06 bits per heavy atom. The van der Waals surface area contributed by atoms with Gasteiger partial charge in [-0.05, 0) is 25.7 Å². The molecule has 0 atom stereocenters. The molecular weight excluding hydrogens is 343 g/mol. The third kappa shape index (κ3) is 4.00. The molecule has 2 heterocycles. The molecule has 6 heteroatoms. The third-order valence-corrected chi connectivity index (χ3v) is 3.47. The van der Waals surface area contributed by atoms with E-state index in [9.17, 15) is 4.79 Å². The van der Waals surface area contributed by atoms with Crippen LogP contribution in [0, 0.1) is 0 Å². The van der Waals surface area contributed by atoms with Gasteiger partial charge >= 0.3 is 0 Å². The van der Waals surface area contributed by atoms with Gasteiger partial charge in [0.15, 0.2) is 5.96 Å². The molecule has 18 heavy (non-hydrogen) atoms. The Labute approximate surface area is 126 Å². The first-order valence-corrected chi connectivity index (χ1v) is 6.54. The number of guanidine groups is 1. The number of nitrogens with one attached hydrogen (secondary N) is 1. The van der Waals surface area contributed by atoms with Crippen molar-refractivity contribution in [3.63, 3.8) is 0 Å². The fraction of sp³-hybridized carbons (Fsp3) is 0.833. The minimum absolute atomic E-state index is 0. The van der Waals surface area contributed by atoms with Gasteiger partial charge in [0.05, 0.1) is 6.54 Å². The summed E-state index contributed by atoms with van der Waals surface area (Å²) in [4.78, 5) is 20.3. The molecule has 0 aromatic rings. The van der Waals surface area contributed by atoms with E-state index in [0.717, 1.165) is 45.0 Å². The molecule has 2 rings (SSSR count). The lowest BCUT2D eigenvalue weighted by atomic mass is 10.4. The highest BCUT2D eigenvalue weighted by molar-refractivity contribution is 14.0. The number of hydrogen-bond acceptors (Lipinski definition) is 2. The summed E-state index contributed by atoms with van der Waals surface area (Å²) in [6.45, 7) is 4.32. The van der Waals surface area contributed by atoms with Crippen molar-refractivity contribution in [3.8, 4) is 0 Å². The van der Waals surface area contributed by atoms with Gasteiger partial charge in [0.2, 0.25) is 5.91 Å². The first-order chi connectivity index (χ1) is 8.31. The Bertz CT molecular complexity index is 296. The maximum atomic E-state index is 11.9. The van der Waals surface area contributed by atoms with Crippen molar-refractivity contribution < 1.29 is 4.79 Å². The lowest BCUT2D eigenvalue weighted by Gasteiger charge is -2.22. The summed E-state index contributed by atoms with van der Waals surface area (Å²) >= 11 is 0. The molecule has 0 aromatic carbocycles. The van der Waals surface area contributed by atoms with Crippen LogP contribution in [0.1, 0.15) is 25.7 Å². The lowest BCUT2D eigenvalue weighted by Crippen LogP contribution is -2.45. The second kappa shape index (κ2) is 7.81. The molecule has 5 nitrogen and oxygen atoms in total. The molecule has 0 unspecified atom stereocenters. The van der Waals surface area contributed by atoms with Gasteiger partial charge < -0.3 is 15.1 Å². The van der Waals surface area contributed by atoms with Crippen LogP contribution in [0.4, 0.5) is 0 Å². The van der Waals surface area contributed by atoms with Gasteiger partial charge in [-0.1, -0.05) is 0 Å². The van der Waals surface area contributed by atoms with Crippen LogP contribution in [0.2, 0.25) is 0 Å². The lowest BCUT2D eigenvalue weighted by molar-refractivity contribution is -0.128. The number of nitrogens with zero attached hydrogens (tertiary/aromatic N) is 3. The Balaban J connectivity index is 0.00000162. The number of hydrogen-bond donors (Lipinski definition) is 1. The Morgan fingerprint density at radius 2 is 1.56 bits per heavy atom. The molecule has 104 valence electrons. The van der Waals surface area contributed by atoms with Crippen LogP contribution in [-0.4, -0.2) is 61.4 Å². The van der Waals surface area contributed by atoms with Gasteiger partial charge in [-0.25, -0.2) is 0 Å². The summed E-state index contributed by atoms with van der Waals surface area (Å²) in [6, 6.07) is 0. The SMILES string of the molecule is CN=C(NCC(=O)N1CCCC1)N1CCCC1.I. The predicted molar refractivity (Wildman–Crippen MR) is 83.4 cm³/mol. The molecule has 2 fully saturated rings. The van der Waals surface area contributed by atoms with E-state index in [1.807, 2.05) is 4.90 Å². The van der Waals surface area contributed by atoms with Gasteiger partial charge in [0.1, 0.15) is 0 Å². The predicted octanol–water partition coefficient (Wildman–Crippen LogP) is 0.898. The van der Waals surface area contributed by atoms with E-state index < -0.39 is 0 Å². The van der Waals surface area contributed by atoms with Gasteiger partial charge in [0, 0.05) is 33.2 Å². The standard InChI is InChI=1S/C12H22N4O.HI/c1-13-12(16-8-4-5-9-16)14-10-11(17)15-6-2-3-7-15;/h2-10H2,1H3,(H,13,14);1H. The van der Waals surface area contributed by atoms with Crippen LogP contribution in [0.3, 0.4) is 0 Å². The van der Waals surface area contributed by atoms with Crippen LogP contribution in [0.15, 0.2) is 4.99 Å². The van der Waals surface area contributed by atoms with E-state index in [1.54, 1.807) is 7.05 Å². The molecule has 1 amide bonds. The largest absolute Gasteiger partial charge is 0.347 e. The summed E-state index contributed by atoms with van der Waals surface area (Å²) in [6.07, 6.45) is 4.74. The van der Waals surface area contributed by atoms with Crippen molar-refractivity contribution in [2.24, 2.45) is 4.99 Å². The summed E-state index contributed by atoms with van der Waals surface area (Å²) < 4.78 is 0. The smallest absolute Gasteiger partial charge is 0.241 e. The quantitative estimate of drug-likeness (QED) is 0.449. The summed E-state index contributed by atoms with van der Waals surface area (Å²) in [5.41, 5.74) is 0. The maximum absolute atomic E-state index is 11.9. The Morgan fingerprint density at radius 3 is 2.06 bits per heavy atom. The Kier molecular flexibility index (Phi) is 6.73. The van der Waals surface area contributed by atoms with Crippen molar-refractivity contribution in [1.29, 1.82) is 0 Å². The first kappa shape index (κ1) is 15.5. The molecule has 2 aliphatic heterocycles. The number of carbonyl (C=O) groups is 1. The second-order valence-electron chi connectivity index (χ2n) is 4.68. The number of aliphatic imine (C=N–C) groups is 1. The van der Waals surface area contributed by atoms with E-state index in [-0.39, 0.29) is 29.9 Å². The van der Waals surface area contributed by atoms with Crippen molar-refractivity contribution in [2.45, 2.75) is 25.7 Å². The van der Waals surface area contributed by atoms with Crippen LogP contribution in [-0.2, 0) is 4.79 Å². The minimum atomic E-state index is 0. The number of halogens is 1. The van der Waals surface area contributed by atoms with Crippen molar-refractivity contribution in [3.05, 3.63) is 0 Å². The summed E-state index contributed by atoms with van der Waals surface area (Å²) in [5, 5.41) is 3.17. The Hall–Kier alpha value is -0.530. The average molecular weight is 366 g/mol. The highest BCUT2D eigenvalue weighted by atomic mass is 127. The fourth-order valence-electron chi connectivity index (χ4n) is 2.49. The zero-order chi connectivity index (χ0) is 12.1. The molecule has 0 radical (unpaired) electrons. The summed E-state index contributed by atoms with van der Waals surface area (Å²) in [5.74, 6) is 1.07. The van der Waals surface area contributed by atoms with Crippen molar-refractivity contribution in [2.75, 3.05) is 39.8 Å². The van der Waals surface area contributed by atoms with Gasteiger partial charge in [0.25, 0.3) is 0 Å². The zero-order valence-electron chi connectivity index (χ0n) is 11.0. The third-order valence-electron chi connectivity index (χ3n) is 3.47. The van der Waals surface area contributed by atoms with Crippen LogP contribution < -0.4 is 5.32 Å². The van der Waals surface area contributed by atoms with Gasteiger partial charge in [-0.2, -0.15) is 0 Å². The number of rotatable bonds is 2. The number of carbonyl (C=O) groups excluding carboxylic acids is 1. The molecule has 0 spiro atoms. The number of likely N-dealkylation sites (tertiary alicyclic amines) is 2. The molecule has 0 aliphatic carbocycles. The summed E-state index contributed by atoms with van der Waals surface area (Å²) in [7, 11) is 1.78. The molecule has 0 bridgehead atoms. The van der Waals surface area contributed by atoms with Crippen molar-refractivity contribution >= 4 is 35.8 Å². The van der Waals surface area contributed by atoms with E-state index in [2.05, 4.69) is 15.2 Å². The molecule has 1 N–H and O–H groups in total. The van der Waals surface area contributed by atoms with Crippen LogP contribution in [0.25, 0.3) is 0 Å². The van der Waals surface area contributed by atoms with E-state index in [0.29, 0.717) is 6.54 Å². The number of amides is 1. The maximum Gasteiger partial charge on any atom is 0.241 e. The van der Waals surface area contributed by atoms with Gasteiger partial charge in [-0.3, -0.25) is 9.79 Å². The van der Waals surface area contributed by atoms with Crippen molar-refractivity contribution in [1.82, 2.24) is 15.1 Å². The normalized spacial score (nSPS) is 19.9. The first-order valence-electron chi connectivity index (χ1n) is 6.54. The van der Waals surface area contributed by atoms with Gasteiger partial charge in [-0.15, -0.1) is 24.0 Å². The van der Waals surface area contributed by atoms with Crippen LogP contribution >= 0.6 is 24.0 Å². The molecule has 2 saturated heterocycles.